The van der Waals surface area contributed by atoms with Crippen molar-refractivity contribution in [3.8, 4) is 0 Å². The van der Waals surface area contributed by atoms with Gasteiger partial charge in [0.1, 0.15) is 5.69 Å². The van der Waals surface area contributed by atoms with Crippen molar-refractivity contribution >= 4 is 21.4 Å². The first-order chi connectivity index (χ1) is 13.2. The number of nitrogens with one attached hydrogen (secondary N) is 1. The second-order valence-electron chi connectivity index (χ2n) is 7.13. The molecule has 1 aromatic carbocycles. The van der Waals surface area contributed by atoms with E-state index in [0.29, 0.717) is 24.8 Å². The molecule has 2 heterocycles. The number of halogens is 3. The molecule has 1 aliphatic heterocycles. The van der Waals surface area contributed by atoms with E-state index in [1.54, 1.807) is 0 Å². The van der Waals surface area contributed by atoms with Crippen LogP contribution in [0.15, 0.2) is 24.3 Å². The Labute approximate surface area is 159 Å². The quantitative estimate of drug-likeness (QED) is 0.839. The Hall–Kier alpha value is -2.36. The van der Waals surface area contributed by atoms with Gasteiger partial charge in [-0.1, -0.05) is 12.1 Å². The number of para-hydroxylation sites is 1. The maximum atomic E-state index is 13.2. The van der Waals surface area contributed by atoms with Crippen molar-refractivity contribution in [2.45, 2.75) is 37.9 Å². The molecule has 1 fully saturated rings. The highest BCUT2D eigenvalue weighted by Crippen LogP contribution is 2.36. The first-order valence-electron chi connectivity index (χ1n) is 8.94. The topological polar surface area (TPSA) is 81.1 Å². The molecule has 0 radical (unpaired) electrons. The van der Waals surface area contributed by atoms with Gasteiger partial charge in [0.25, 0.3) is 5.91 Å². The number of sulfone groups is 1. The zero-order chi connectivity index (χ0) is 20.1. The van der Waals surface area contributed by atoms with E-state index in [2.05, 4.69) is 10.4 Å². The monoisotopic (exact) mass is 413 g/mol. The third kappa shape index (κ3) is 3.41. The number of alkyl halides is 3. The van der Waals surface area contributed by atoms with Crippen LogP contribution in [0.2, 0.25) is 0 Å². The summed E-state index contributed by atoms with van der Waals surface area (Å²) in [6.07, 6.45) is -2.20. The number of nitrogens with zero attached hydrogens (tertiary/aromatic N) is 2. The summed E-state index contributed by atoms with van der Waals surface area (Å²) in [6.45, 7) is 0. The molecular weight excluding hydrogens is 395 g/mol. The zero-order valence-corrected chi connectivity index (χ0v) is 15.6. The van der Waals surface area contributed by atoms with Crippen molar-refractivity contribution in [2.24, 2.45) is 0 Å². The molecule has 4 rings (SSSR count). The molecule has 0 spiro atoms. The van der Waals surface area contributed by atoms with Crippen molar-refractivity contribution < 1.29 is 26.4 Å². The smallest absolute Gasteiger partial charge is 0.320 e. The predicted octanol–water partition coefficient (Wildman–Crippen LogP) is 3.00. The van der Waals surface area contributed by atoms with Gasteiger partial charge < -0.3 is 5.32 Å². The van der Waals surface area contributed by atoms with Crippen LogP contribution in [-0.2, 0) is 28.9 Å². The van der Waals surface area contributed by atoms with Crippen LogP contribution in [0.1, 0.15) is 46.2 Å². The molecule has 1 aliphatic carbocycles. The molecule has 150 valence electrons. The van der Waals surface area contributed by atoms with Crippen molar-refractivity contribution in [1.82, 2.24) is 9.78 Å². The Morgan fingerprint density at radius 3 is 2.64 bits per heavy atom. The summed E-state index contributed by atoms with van der Waals surface area (Å²) >= 11 is 0. The Bertz CT molecular complexity index is 1040. The van der Waals surface area contributed by atoms with Crippen LogP contribution in [0.5, 0.6) is 0 Å². The first kappa shape index (κ1) is 19.0. The Balaban J connectivity index is 1.71. The summed E-state index contributed by atoms with van der Waals surface area (Å²) < 4.78 is 64.8. The number of fused-ring (bicyclic) bond motifs is 1. The fourth-order valence-corrected chi connectivity index (χ4v) is 5.60. The van der Waals surface area contributed by atoms with Gasteiger partial charge >= 0.3 is 6.18 Å². The van der Waals surface area contributed by atoms with Crippen molar-refractivity contribution in [1.29, 1.82) is 0 Å². The van der Waals surface area contributed by atoms with Crippen LogP contribution in [0.4, 0.5) is 18.9 Å². The molecule has 2 aromatic rings. The molecule has 10 heteroatoms. The van der Waals surface area contributed by atoms with Gasteiger partial charge in [0.05, 0.1) is 34.5 Å². The maximum absolute atomic E-state index is 13.2. The molecular formula is C18H18F3N3O3S. The molecule has 6 nitrogen and oxygen atoms in total. The number of anilines is 1. The number of benzene rings is 1. The van der Waals surface area contributed by atoms with Crippen LogP contribution < -0.4 is 5.32 Å². The molecule has 1 aromatic heterocycles. The fourth-order valence-electron chi connectivity index (χ4n) is 3.91. The van der Waals surface area contributed by atoms with Crippen LogP contribution in [0.25, 0.3) is 0 Å². The van der Waals surface area contributed by atoms with Gasteiger partial charge in [-0.25, -0.2) is 8.42 Å². The normalized spacial score (nSPS) is 20.9. The molecule has 1 saturated heterocycles. The minimum absolute atomic E-state index is 0.0140. The molecule has 2 aliphatic rings. The number of aromatic nitrogens is 2. The summed E-state index contributed by atoms with van der Waals surface area (Å²) in [7, 11) is -3.20. The number of hydrogen-bond acceptors (Lipinski definition) is 4. The van der Waals surface area contributed by atoms with Gasteiger partial charge in [-0.3, -0.25) is 9.48 Å². The van der Waals surface area contributed by atoms with Gasteiger partial charge in [0.2, 0.25) is 0 Å². The zero-order valence-electron chi connectivity index (χ0n) is 14.8. The summed E-state index contributed by atoms with van der Waals surface area (Å²) in [5, 5.41) is 6.81. The Kier molecular flexibility index (Phi) is 4.48. The lowest BCUT2D eigenvalue weighted by Crippen LogP contribution is -2.24. The van der Waals surface area contributed by atoms with E-state index in [1.165, 1.54) is 22.9 Å². The van der Waals surface area contributed by atoms with Crippen LogP contribution >= 0.6 is 0 Å². The van der Waals surface area contributed by atoms with E-state index in [-0.39, 0.29) is 22.9 Å². The van der Waals surface area contributed by atoms with E-state index < -0.39 is 33.5 Å². The van der Waals surface area contributed by atoms with Gasteiger partial charge in [-0.15, -0.1) is 0 Å². The average Bonchev–Trinajstić information content (AvgIpc) is 3.27. The maximum Gasteiger partial charge on any atom is 0.418 e. The molecule has 1 unspecified atom stereocenters. The number of hydrogen-bond donors (Lipinski definition) is 1. The molecule has 1 N–H and O–H groups in total. The Morgan fingerprint density at radius 1 is 1.21 bits per heavy atom. The molecule has 1 atom stereocenters. The number of aryl methyl sites for hydroxylation is 1. The highest BCUT2D eigenvalue weighted by Gasteiger charge is 2.37. The van der Waals surface area contributed by atoms with E-state index in [4.69, 9.17) is 0 Å². The van der Waals surface area contributed by atoms with Gasteiger partial charge in [0, 0.05) is 5.56 Å². The minimum atomic E-state index is -4.61. The number of carbonyl (C=O) groups excluding carboxylic acids is 1. The third-order valence-corrected chi connectivity index (χ3v) is 6.93. The van der Waals surface area contributed by atoms with Crippen molar-refractivity contribution in [3.63, 3.8) is 0 Å². The highest BCUT2D eigenvalue weighted by atomic mass is 32.2. The average molecular weight is 413 g/mol. The van der Waals surface area contributed by atoms with E-state index in [0.717, 1.165) is 18.2 Å². The summed E-state index contributed by atoms with van der Waals surface area (Å²) in [5.41, 5.74) is 0.324. The molecule has 1 amide bonds. The predicted molar refractivity (Wildman–Crippen MR) is 96.0 cm³/mol. The number of carbonyl (C=O) groups is 1. The van der Waals surface area contributed by atoms with Crippen molar-refractivity contribution in [3.05, 3.63) is 46.8 Å². The largest absolute Gasteiger partial charge is 0.418 e. The number of rotatable bonds is 3. The summed E-state index contributed by atoms with van der Waals surface area (Å²) in [6, 6.07) is 4.29. The standard InChI is InChI=1S/C18H18F3N3O3S/c19-18(20,21)13-5-1-2-6-15(13)22-17(25)16-12-4-3-7-14(12)23-24(16)11-8-9-28(26,27)10-11/h1-2,5-6,11H,3-4,7-10H2,(H,22,25). The lowest BCUT2D eigenvalue weighted by atomic mass is 10.1. The third-order valence-electron chi connectivity index (χ3n) is 5.18. The summed E-state index contributed by atoms with van der Waals surface area (Å²) in [5.74, 6) is -0.802. The second kappa shape index (κ2) is 6.61. The molecule has 28 heavy (non-hydrogen) atoms. The van der Waals surface area contributed by atoms with E-state index in [9.17, 15) is 26.4 Å². The summed E-state index contributed by atoms with van der Waals surface area (Å²) in [4.78, 5) is 13.0. The number of amides is 1. The van der Waals surface area contributed by atoms with Gasteiger partial charge in [0.15, 0.2) is 9.84 Å². The van der Waals surface area contributed by atoms with Gasteiger partial charge in [-0.05, 0) is 37.8 Å². The second-order valence-corrected chi connectivity index (χ2v) is 9.36. The van der Waals surface area contributed by atoms with E-state index in [1.807, 2.05) is 0 Å². The van der Waals surface area contributed by atoms with Crippen LogP contribution in [0.3, 0.4) is 0 Å². The lowest BCUT2D eigenvalue weighted by Gasteiger charge is -2.17. The fraction of sp³-hybridized carbons (Fsp3) is 0.444. The Morgan fingerprint density at radius 2 is 1.96 bits per heavy atom. The first-order valence-corrected chi connectivity index (χ1v) is 10.8. The molecule has 0 saturated carbocycles. The molecule has 0 bridgehead atoms. The van der Waals surface area contributed by atoms with E-state index >= 15 is 0 Å². The van der Waals surface area contributed by atoms with Crippen LogP contribution in [-0.4, -0.2) is 35.6 Å². The van der Waals surface area contributed by atoms with Gasteiger partial charge in [-0.2, -0.15) is 18.3 Å². The minimum Gasteiger partial charge on any atom is -0.320 e. The highest BCUT2D eigenvalue weighted by molar-refractivity contribution is 7.91. The SMILES string of the molecule is O=C(Nc1ccccc1C(F)(F)F)c1c2c(nn1C1CCS(=O)(=O)C1)CCC2. The van der Waals surface area contributed by atoms with Crippen molar-refractivity contribution in [2.75, 3.05) is 16.8 Å². The lowest BCUT2D eigenvalue weighted by molar-refractivity contribution is -0.136. The van der Waals surface area contributed by atoms with Crippen LogP contribution in [0, 0.1) is 0 Å².